The highest BCUT2D eigenvalue weighted by molar-refractivity contribution is 14.1. The van der Waals surface area contributed by atoms with Crippen LogP contribution in [0, 0.1) is 11.3 Å². The van der Waals surface area contributed by atoms with Crippen molar-refractivity contribution in [2.75, 3.05) is 0 Å². The summed E-state index contributed by atoms with van der Waals surface area (Å²) in [4.78, 5) is 4.04. The van der Waals surface area contributed by atoms with E-state index in [-0.39, 0.29) is 0 Å². The van der Waals surface area contributed by atoms with Crippen molar-refractivity contribution in [3.8, 4) is 6.07 Å². The number of rotatable bonds is 0. The van der Waals surface area contributed by atoms with Crippen LogP contribution >= 0.6 is 22.6 Å². The Labute approximate surface area is 83.3 Å². The van der Waals surface area contributed by atoms with Crippen LogP contribution in [0.3, 0.4) is 0 Å². The first kappa shape index (κ1) is 7.55. The van der Waals surface area contributed by atoms with Crippen LogP contribution in [0.15, 0.2) is 18.5 Å². The van der Waals surface area contributed by atoms with Gasteiger partial charge in [0.25, 0.3) is 0 Å². The summed E-state index contributed by atoms with van der Waals surface area (Å²) in [5, 5.41) is 12.8. The van der Waals surface area contributed by atoms with Crippen molar-refractivity contribution >= 4 is 32.0 Å². The smallest absolute Gasteiger partial charge is 0.161 e. The van der Waals surface area contributed by atoms with E-state index < -0.39 is 0 Å². The predicted molar refractivity (Wildman–Crippen MR) is 52.7 cm³/mol. The zero-order valence-electron chi connectivity index (χ0n) is 5.95. The maximum Gasteiger partial charge on any atom is 0.161 e. The number of pyridine rings is 1. The molecule has 1 aliphatic rings. The Morgan fingerprint density at radius 1 is 1.50 bits per heavy atom. The fraction of sp³-hybridized carbons (Fsp3) is 0. The number of hydrogen-bond donors (Lipinski definition) is 0. The van der Waals surface area contributed by atoms with E-state index in [9.17, 15) is 0 Å². The van der Waals surface area contributed by atoms with Gasteiger partial charge in [-0.25, -0.2) is 10.3 Å². The zero-order chi connectivity index (χ0) is 8.55. The van der Waals surface area contributed by atoms with Crippen molar-refractivity contribution in [3.63, 3.8) is 0 Å². The standard InChI is InChI=1S/C8H3IN3/c9-6-4-12-8-7(6)5(3-10)1-2-11-8/h1-2,4H. The normalized spacial score (nSPS) is 12.8. The van der Waals surface area contributed by atoms with Gasteiger partial charge in [-0.2, -0.15) is 5.26 Å². The summed E-state index contributed by atoms with van der Waals surface area (Å²) >= 11 is 2.15. The molecular weight excluding hydrogens is 265 g/mol. The Hall–Kier alpha value is -1.09. The molecule has 1 aromatic rings. The third kappa shape index (κ3) is 0.975. The van der Waals surface area contributed by atoms with Gasteiger partial charge in [-0.1, -0.05) is 0 Å². The van der Waals surface area contributed by atoms with Crippen molar-refractivity contribution in [1.29, 1.82) is 5.26 Å². The number of halogens is 1. The van der Waals surface area contributed by atoms with Crippen LogP contribution in [-0.4, -0.2) is 4.98 Å². The van der Waals surface area contributed by atoms with Crippen LogP contribution in [0.1, 0.15) is 11.1 Å². The van der Waals surface area contributed by atoms with E-state index in [0.717, 1.165) is 9.14 Å². The second-order valence-electron chi connectivity index (χ2n) is 2.28. The molecule has 0 amide bonds. The average molecular weight is 268 g/mol. The molecule has 4 heteroatoms. The topological polar surface area (TPSA) is 50.8 Å². The second kappa shape index (κ2) is 2.75. The van der Waals surface area contributed by atoms with E-state index in [1.165, 1.54) is 0 Å². The molecule has 0 unspecified atom stereocenters. The maximum absolute atomic E-state index is 8.77. The number of nitriles is 1. The van der Waals surface area contributed by atoms with Crippen LogP contribution in [0.25, 0.3) is 3.58 Å². The lowest BCUT2D eigenvalue weighted by Crippen LogP contribution is -1.89. The molecule has 0 fully saturated rings. The zero-order valence-corrected chi connectivity index (χ0v) is 8.11. The fourth-order valence-electron chi connectivity index (χ4n) is 1.06. The third-order valence-corrected chi connectivity index (χ3v) is 2.41. The first-order valence-corrected chi connectivity index (χ1v) is 4.37. The summed E-state index contributed by atoms with van der Waals surface area (Å²) in [6, 6.07) is 3.81. The summed E-state index contributed by atoms with van der Waals surface area (Å²) in [6.07, 6.45) is 3.32. The van der Waals surface area contributed by atoms with Crippen molar-refractivity contribution in [3.05, 3.63) is 29.6 Å². The summed E-state index contributed by atoms with van der Waals surface area (Å²) < 4.78 is 0.979. The molecule has 12 heavy (non-hydrogen) atoms. The average Bonchev–Trinajstić information content (AvgIpc) is 2.48. The van der Waals surface area contributed by atoms with Crippen molar-refractivity contribution in [2.45, 2.75) is 0 Å². The van der Waals surface area contributed by atoms with Crippen LogP contribution in [0.2, 0.25) is 0 Å². The molecule has 1 aliphatic heterocycles. The Balaban J connectivity index is 2.70. The van der Waals surface area contributed by atoms with Gasteiger partial charge in [0.15, 0.2) is 5.82 Å². The summed E-state index contributed by atoms with van der Waals surface area (Å²) in [7, 11) is 0. The van der Waals surface area contributed by atoms with Gasteiger partial charge in [0.05, 0.1) is 17.2 Å². The van der Waals surface area contributed by atoms with Crippen molar-refractivity contribution in [1.82, 2.24) is 10.3 Å². The highest BCUT2D eigenvalue weighted by Crippen LogP contribution is 2.34. The minimum Gasteiger partial charge on any atom is -0.237 e. The molecule has 2 heterocycles. The summed E-state index contributed by atoms with van der Waals surface area (Å²) in [5.41, 5.74) is 1.50. The Morgan fingerprint density at radius 2 is 2.33 bits per heavy atom. The number of hydrogen-bond acceptors (Lipinski definition) is 2. The molecule has 57 valence electrons. The van der Waals surface area contributed by atoms with E-state index in [4.69, 9.17) is 5.26 Å². The minimum absolute atomic E-state index is 0.641. The van der Waals surface area contributed by atoms with Crippen LogP contribution in [-0.2, 0) is 0 Å². The first-order chi connectivity index (χ1) is 5.83. The van der Waals surface area contributed by atoms with E-state index in [1.807, 2.05) is 0 Å². The molecule has 0 saturated heterocycles. The van der Waals surface area contributed by atoms with E-state index >= 15 is 0 Å². The number of fused-ring (bicyclic) bond motifs is 1. The Kier molecular flexibility index (Phi) is 1.73. The van der Waals surface area contributed by atoms with E-state index in [2.05, 4.69) is 39.0 Å². The molecule has 2 rings (SSSR count). The molecule has 0 aromatic carbocycles. The lowest BCUT2D eigenvalue weighted by Gasteiger charge is -1.98. The predicted octanol–water partition coefficient (Wildman–Crippen LogP) is 1.94. The van der Waals surface area contributed by atoms with Gasteiger partial charge < -0.3 is 0 Å². The van der Waals surface area contributed by atoms with Gasteiger partial charge in [0.1, 0.15) is 0 Å². The molecule has 3 nitrogen and oxygen atoms in total. The molecule has 0 atom stereocenters. The fourth-order valence-corrected chi connectivity index (χ4v) is 1.73. The van der Waals surface area contributed by atoms with Crippen molar-refractivity contribution < 1.29 is 0 Å². The minimum atomic E-state index is 0.641. The van der Waals surface area contributed by atoms with Crippen LogP contribution in [0.5, 0.6) is 0 Å². The SMILES string of the molecule is N#Cc1ccnc2c1C(I)=C[N]2. The Morgan fingerprint density at radius 3 is 3.08 bits per heavy atom. The second-order valence-corrected chi connectivity index (χ2v) is 3.44. The van der Waals surface area contributed by atoms with Gasteiger partial charge in [0, 0.05) is 16.0 Å². The lowest BCUT2D eigenvalue weighted by molar-refractivity contribution is 1.11. The van der Waals surface area contributed by atoms with Gasteiger partial charge >= 0.3 is 0 Å². The highest BCUT2D eigenvalue weighted by atomic mass is 127. The third-order valence-electron chi connectivity index (χ3n) is 1.59. The van der Waals surface area contributed by atoms with Gasteiger partial charge in [-0.05, 0) is 28.7 Å². The van der Waals surface area contributed by atoms with Crippen molar-refractivity contribution in [2.24, 2.45) is 0 Å². The van der Waals surface area contributed by atoms with Crippen LogP contribution < -0.4 is 5.32 Å². The van der Waals surface area contributed by atoms with Crippen LogP contribution in [0.4, 0.5) is 5.82 Å². The molecule has 0 saturated carbocycles. The molecule has 0 bridgehead atoms. The molecule has 0 aliphatic carbocycles. The van der Waals surface area contributed by atoms with Gasteiger partial charge in [-0.15, -0.1) is 0 Å². The molecule has 1 aromatic heterocycles. The van der Waals surface area contributed by atoms with E-state index in [1.54, 1.807) is 18.5 Å². The summed E-state index contributed by atoms with van der Waals surface area (Å²) in [5.74, 6) is 0.651. The van der Waals surface area contributed by atoms with Gasteiger partial charge in [0.2, 0.25) is 0 Å². The maximum atomic E-state index is 8.77. The molecule has 0 N–H and O–H groups in total. The lowest BCUT2D eigenvalue weighted by atomic mass is 10.1. The largest absolute Gasteiger partial charge is 0.237 e. The quantitative estimate of drug-likeness (QED) is 0.675. The summed E-state index contributed by atoms with van der Waals surface area (Å²) in [6.45, 7) is 0. The monoisotopic (exact) mass is 268 g/mol. The Bertz CT molecular complexity index is 403. The van der Waals surface area contributed by atoms with E-state index in [0.29, 0.717) is 11.4 Å². The molecular formula is C8H3IN3. The number of aromatic nitrogens is 1. The first-order valence-electron chi connectivity index (χ1n) is 3.29. The van der Waals surface area contributed by atoms with Gasteiger partial charge in [-0.3, -0.25) is 0 Å². The molecule has 0 spiro atoms. The number of nitrogens with zero attached hydrogens (tertiary/aromatic N) is 3. The molecule has 1 radical (unpaired) electrons. The highest BCUT2D eigenvalue weighted by Gasteiger charge is 2.17.